The number of nitrogens with two attached hydrogens (primary N) is 1. The molecule has 0 aliphatic rings. The smallest absolute Gasteiger partial charge is 0.123 e. The minimum atomic E-state index is -0.855. The molecule has 3 N–H and O–H groups in total. The van der Waals surface area contributed by atoms with Crippen LogP contribution < -0.4 is 5.73 Å². The lowest BCUT2D eigenvalue weighted by molar-refractivity contribution is 0.179. The van der Waals surface area contributed by atoms with Crippen molar-refractivity contribution in [1.82, 2.24) is 4.98 Å². The number of halogens is 1. The van der Waals surface area contributed by atoms with Gasteiger partial charge in [0.1, 0.15) is 5.82 Å². The topological polar surface area (TPSA) is 59.1 Å². The van der Waals surface area contributed by atoms with Crippen LogP contribution in [0.1, 0.15) is 17.2 Å². The molecule has 3 rings (SSSR count). The SMILES string of the molecule is Nc1ccc(F)cc1C(O)Cc1ccnc2ccccc12. The minimum absolute atomic E-state index is 0.358. The third-order valence-corrected chi connectivity index (χ3v) is 3.56. The molecule has 0 saturated carbocycles. The minimum Gasteiger partial charge on any atom is -0.398 e. The van der Waals surface area contributed by atoms with E-state index in [0.717, 1.165) is 16.5 Å². The molecule has 0 fully saturated rings. The Morgan fingerprint density at radius 1 is 1.14 bits per heavy atom. The molecule has 1 unspecified atom stereocenters. The highest BCUT2D eigenvalue weighted by atomic mass is 19.1. The number of aromatic nitrogens is 1. The number of nitrogens with zero attached hydrogens (tertiary/aromatic N) is 1. The second kappa shape index (κ2) is 5.50. The molecule has 3 aromatic rings. The van der Waals surface area contributed by atoms with E-state index < -0.39 is 11.9 Å². The van der Waals surface area contributed by atoms with Crippen LogP contribution in [0, 0.1) is 5.82 Å². The molecular formula is C17H15FN2O. The van der Waals surface area contributed by atoms with Crippen molar-refractivity contribution in [2.75, 3.05) is 5.73 Å². The summed E-state index contributed by atoms with van der Waals surface area (Å²) < 4.78 is 13.3. The Hall–Kier alpha value is -2.46. The largest absolute Gasteiger partial charge is 0.398 e. The number of hydrogen-bond donors (Lipinski definition) is 2. The molecule has 21 heavy (non-hydrogen) atoms. The van der Waals surface area contributed by atoms with Crippen molar-refractivity contribution >= 4 is 16.6 Å². The fourth-order valence-corrected chi connectivity index (χ4v) is 2.49. The Balaban J connectivity index is 1.96. The van der Waals surface area contributed by atoms with Gasteiger partial charge in [-0.05, 0) is 35.9 Å². The Labute approximate surface area is 121 Å². The molecule has 0 aliphatic heterocycles. The van der Waals surface area contributed by atoms with Gasteiger partial charge in [0.05, 0.1) is 11.6 Å². The van der Waals surface area contributed by atoms with Crippen LogP contribution in [0.3, 0.4) is 0 Å². The number of fused-ring (bicyclic) bond motifs is 1. The molecule has 4 heteroatoms. The summed E-state index contributed by atoms with van der Waals surface area (Å²) >= 11 is 0. The lowest BCUT2D eigenvalue weighted by Crippen LogP contribution is -2.06. The number of aliphatic hydroxyl groups excluding tert-OH is 1. The van der Waals surface area contributed by atoms with Crippen molar-refractivity contribution in [1.29, 1.82) is 0 Å². The number of pyridine rings is 1. The first-order valence-electron chi connectivity index (χ1n) is 6.71. The fourth-order valence-electron chi connectivity index (χ4n) is 2.49. The maximum atomic E-state index is 13.3. The van der Waals surface area contributed by atoms with Crippen LogP contribution >= 0.6 is 0 Å². The van der Waals surface area contributed by atoms with Crippen molar-refractivity contribution in [3.05, 3.63) is 71.7 Å². The third-order valence-electron chi connectivity index (χ3n) is 3.56. The van der Waals surface area contributed by atoms with Gasteiger partial charge in [0.2, 0.25) is 0 Å². The Morgan fingerprint density at radius 2 is 1.95 bits per heavy atom. The van der Waals surface area contributed by atoms with Gasteiger partial charge in [-0.1, -0.05) is 18.2 Å². The summed E-state index contributed by atoms with van der Waals surface area (Å²) in [4.78, 5) is 4.29. The normalized spacial score (nSPS) is 12.5. The molecule has 0 amide bonds. The Bertz CT molecular complexity index is 783. The van der Waals surface area contributed by atoms with Crippen LogP contribution in [0.5, 0.6) is 0 Å². The van der Waals surface area contributed by atoms with Gasteiger partial charge in [-0.15, -0.1) is 0 Å². The van der Waals surface area contributed by atoms with E-state index in [9.17, 15) is 9.50 Å². The number of rotatable bonds is 3. The van der Waals surface area contributed by atoms with Crippen LogP contribution in [0.25, 0.3) is 10.9 Å². The van der Waals surface area contributed by atoms with E-state index in [1.54, 1.807) is 6.20 Å². The average Bonchev–Trinajstić information content (AvgIpc) is 2.50. The van der Waals surface area contributed by atoms with E-state index in [1.807, 2.05) is 30.3 Å². The summed E-state index contributed by atoms with van der Waals surface area (Å²) in [5.41, 5.74) is 8.45. The summed E-state index contributed by atoms with van der Waals surface area (Å²) in [6, 6.07) is 13.6. The van der Waals surface area contributed by atoms with E-state index in [2.05, 4.69) is 4.98 Å². The molecule has 0 aliphatic carbocycles. The van der Waals surface area contributed by atoms with Crippen molar-refractivity contribution in [2.45, 2.75) is 12.5 Å². The lowest BCUT2D eigenvalue weighted by atomic mass is 9.98. The molecule has 3 nitrogen and oxygen atoms in total. The highest BCUT2D eigenvalue weighted by molar-refractivity contribution is 5.81. The molecule has 0 bridgehead atoms. The van der Waals surface area contributed by atoms with Gasteiger partial charge in [-0.25, -0.2) is 4.39 Å². The number of nitrogen functional groups attached to an aromatic ring is 1. The van der Waals surface area contributed by atoms with E-state index >= 15 is 0 Å². The first-order valence-corrected chi connectivity index (χ1v) is 6.71. The van der Waals surface area contributed by atoms with E-state index in [1.165, 1.54) is 18.2 Å². The Kier molecular flexibility index (Phi) is 3.54. The van der Waals surface area contributed by atoms with Crippen LogP contribution in [0.2, 0.25) is 0 Å². The lowest BCUT2D eigenvalue weighted by Gasteiger charge is -2.15. The molecule has 0 spiro atoms. The van der Waals surface area contributed by atoms with Crippen molar-refractivity contribution in [2.24, 2.45) is 0 Å². The van der Waals surface area contributed by atoms with Gasteiger partial charge in [0.15, 0.2) is 0 Å². The maximum absolute atomic E-state index is 13.3. The van der Waals surface area contributed by atoms with Crippen molar-refractivity contribution in [3.63, 3.8) is 0 Å². The zero-order chi connectivity index (χ0) is 14.8. The monoisotopic (exact) mass is 282 g/mol. The molecule has 0 radical (unpaired) electrons. The number of hydrogen-bond acceptors (Lipinski definition) is 3. The number of para-hydroxylation sites is 1. The number of aliphatic hydroxyl groups is 1. The molecule has 106 valence electrons. The molecule has 1 atom stereocenters. The second-order valence-electron chi connectivity index (χ2n) is 4.98. The predicted octanol–water partition coefficient (Wildman–Crippen LogP) is 3.23. The van der Waals surface area contributed by atoms with E-state index in [0.29, 0.717) is 17.7 Å². The zero-order valence-electron chi connectivity index (χ0n) is 11.3. The van der Waals surface area contributed by atoms with Crippen molar-refractivity contribution in [3.8, 4) is 0 Å². The number of benzene rings is 2. The second-order valence-corrected chi connectivity index (χ2v) is 4.98. The van der Waals surface area contributed by atoms with Crippen molar-refractivity contribution < 1.29 is 9.50 Å². The van der Waals surface area contributed by atoms with Gasteiger partial charge in [0, 0.05) is 29.3 Å². The average molecular weight is 282 g/mol. The quantitative estimate of drug-likeness (QED) is 0.725. The van der Waals surface area contributed by atoms with Gasteiger partial charge in [-0.2, -0.15) is 0 Å². The summed E-state index contributed by atoms with van der Waals surface area (Å²) in [7, 11) is 0. The molecule has 1 aromatic heterocycles. The van der Waals surface area contributed by atoms with Crippen LogP contribution in [0.15, 0.2) is 54.7 Å². The molecule has 2 aromatic carbocycles. The third kappa shape index (κ3) is 2.71. The molecular weight excluding hydrogens is 267 g/mol. The summed E-state index contributed by atoms with van der Waals surface area (Å²) in [6.07, 6.45) is 1.21. The van der Waals surface area contributed by atoms with Gasteiger partial charge in [0.25, 0.3) is 0 Å². The van der Waals surface area contributed by atoms with Gasteiger partial charge < -0.3 is 10.8 Å². The van der Waals surface area contributed by atoms with E-state index in [-0.39, 0.29) is 0 Å². The van der Waals surface area contributed by atoms with E-state index in [4.69, 9.17) is 5.73 Å². The van der Waals surface area contributed by atoms with Crippen LogP contribution in [-0.2, 0) is 6.42 Å². The first kappa shape index (κ1) is 13.5. The predicted molar refractivity (Wildman–Crippen MR) is 81.2 cm³/mol. The highest BCUT2D eigenvalue weighted by Crippen LogP contribution is 2.27. The fraction of sp³-hybridized carbons (Fsp3) is 0.118. The van der Waals surface area contributed by atoms with Gasteiger partial charge >= 0.3 is 0 Å². The number of anilines is 1. The summed E-state index contributed by atoms with van der Waals surface area (Å²) in [5, 5.41) is 11.4. The van der Waals surface area contributed by atoms with Gasteiger partial charge in [-0.3, -0.25) is 4.98 Å². The maximum Gasteiger partial charge on any atom is 0.123 e. The van der Waals surface area contributed by atoms with Crippen LogP contribution in [0.4, 0.5) is 10.1 Å². The molecule has 0 saturated heterocycles. The standard InChI is InChI=1S/C17H15FN2O/c18-12-5-6-15(19)14(10-12)17(21)9-11-7-8-20-16-4-2-1-3-13(11)16/h1-8,10,17,21H,9,19H2. The van der Waals surface area contributed by atoms with Crippen LogP contribution in [-0.4, -0.2) is 10.1 Å². The highest BCUT2D eigenvalue weighted by Gasteiger charge is 2.14. The summed E-state index contributed by atoms with van der Waals surface area (Å²) in [6.45, 7) is 0. The Morgan fingerprint density at radius 3 is 2.81 bits per heavy atom. The first-order chi connectivity index (χ1) is 10.1. The summed E-state index contributed by atoms with van der Waals surface area (Å²) in [5.74, 6) is -0.405. The zero-order valence-corrected chi connectivity index (χ0v) is 11.3. The molecule has 1 heterocycles.